The third-order valence-electron chi connectivity index (χ3n) is 6.35. The van der Waals surface area contributed by atoms with Gasteiger partial charge in [0.1, 0.15) is 0 Å². The molecule has 2 aromatic carbocycles. The van der Waals surface area contributed by atoms with Crippen molar-refractivity contribution in [3.8, 4) is 0 Å². The average molecular weight is 668 g/mol. The quantitative estimate of drug-likeness (QED) is 0.432. The molecule has 0 amide bonds. The minimum atomic E-state index is -1.10. The summed E-state index contributed by atoms with van der Waals surface area (Å²) in [7, 11) is 0.605. The van der Waals surface area contributed by atoms with Crippen molar-refractivity contribution in [3.05, 3.63) is 101 Å². The molecule has 3 aliphatic rings. The van der Waals surface area contributed by atoms with E-state index in [1.165, 1.54) is 46.6 Å². The molecule has 0 saturated carbocycles. The van der Waals surface area contributed by atoms with Gasteiger partial charge in [-0.15, -0.1) is 0 Å². The first-order valence-electron chi connectivity index (χ1n) is 11.1. The van der Waals surface area contributed by atoms with Crippen LogP contribution in [-0.4, -0.2) is 9.52 Å². The van der Waals surface area contributed by atoms with Crippen molar-refractivity contribution >= 4 is 20.7 Å². The van der Waals surface area contributed by atoms with Crippen LogP contribution in [0.4, 0.5) is 8.78 Å². The van der Waals surface area contributed by atoms with E-state index in [4.69, 9.17) is 0 Å². The summed E-state index contributed by atoms with van der Waals surface area (Å²) < 4.78 is 29.7. The van der Waals surface area contributed by atoms with Crippen LogP contribution < -0.4 is 24.8 Å². The van der Waals surface area contributed by atoms with E-state index in [1.807, 2.05) is 24.3 Å². The molecule has 5 rings (SSSR count). The van der Waals surface area contributed by atoms with E-state index >= 15 is 0 Å². The Kier molecular flexibility index (Phi) is 11.2. The molecule has 1 heterocycles. The second kappa shape index (κ2) is 13.1. The van der Waals surface area contributed by atoms with Gasteiger partial charge in [0.25, 0.3) is 0 Å². The summed E-state index contributed by atoms with van der Waals surface area (Å²) in [5.41, 5.74) is 7.52. The smallest absolute Gasteiger partial charge is 1.00 e. The molecule has 0 unspecified atom stereocenters. The normalized spacial score (nSPS) is 16.5. The summed E-state index contributed by atoms with van der Waals surface area (Å²) in [6.07, 6.45) is 8.22. The maximum atomic E-state index is 13.2. The molecule has 2 aliphatic carbocycles. The fraction of sp³-hybridized carbons (Fsp3) is 0.259. The fourth-order valence-electron chi connectivity index (χ4n) is 4.00. The number of hydrogen-bond acceptors (Lipinski definition) is 0. The maximum absolute atomic E-state index is 13.2. The van der Waals surface area contributed by atoms with E-state index < -0.39 is 22.9 Å². The van der Waals surface area contributed by atoms with Gasteiger partial charge in [0.05, 0.1) is 0 Å². The minimum absolute atomic E-state index is 0. The van der Waals surface area contributed by atoms with E-state index in [1.54, 1.807) is 25.2 Å². The number of halogens is 4. The van der Waals surface area contributed by atoms with E-state index in [2.05, 4.69) is 26.0 Å². The molecule has 0 radical (unpaired) electrons. The van der Waals surface area contributed by atoms with Gasteiger partial charge in [-0.3, -0.25) is 0 Å². The Morgan fingerprint density at radius 2 is 1.00 bits per heavy atom. The van der Waals surface area contributed by atoms with Crippen LogP contribution in [0.3, 0.4) is 0 Å². The van der Waals surface area contributed by atoms with Gasteiger partial charge in [-0.1, -0.05) is 18.5 Å². The van der Waals surface area contributed by atoms with Crippen molar-refractivity contribution in [2.24, 2.45) is 0 Å². The summed E-state index contributed by atoms with van der Waals surface area (Å²) >= 11 is -1.10. The van der Waals surface area contributed by atoms with E-state index in [9.17, 15) is 8.78 Å². The molecule has 2 aromatic rings. The van der Waals surface area contributed by atoms with Crippen LogP contribution in [0.25, 0.3) is 11.1 Å². The van der Waals surface area contributed by atoms with Gasteiger partial charge in [-0.25, -0.2) is 0 Å². The average Bonchev–Trinajstić information content (AvgIpc) is 3.26. The molecular weight excluding hydrogens is 640 g/mol. The summed E-state index contributed by atoms with van der Waals surface area (Å²) in [6.45, 7) is 4.42. The van der Waals surface area contributed by atoms with Gasteiger partial charge < -0.3 is 24.8 Å². The Morgan fingerprint density at radius 1 is 0.667 bits per heavy atom. The monoisotopic (exact) mass is 668 g/mol. The van der Waals surface area contributed by atoms with Crippen LogP contribution in [0, 0.1) is 11.6 Å². The van der Waals surface area contributed by atoms with Gasteiger partial charge in [0, 0.05) is 9.52 Å². The van der Waals surface area contributed by atoms with E-state index in [-0.39, 0.29) is 36.4 Å². The Balaban J connectivity index is 0.000000582. The number of benzene rings is 2. The van der Waals surface area contributed by atoms with Gasteiger partial charge >= 0.3 is 171 Å². The van der Waals surface area contributed by atoms with Crippen LogP contribution in [0.1, 0.15) is 44.2 Å². The second-order valence-electron chi connectivity index (χ2n) is 8.40. The van der Waals surface area contributed by atoms with Gasteiger partial charge in [0.2, 0.25) is 0 Å². The topological polar surface area (TPSA) is 0 Å². The third kappa shape index (κ3) is 6.97. The molecule has 0 atom stereocenters. The van der Waals surface area contributed by atoms with Crippen molar-refractivity contribution in [1.29, 1.82) is 0 Å². The molecule has 33 heavy (non-hydrogen) atoms. The first-order chi connectivity index (χ1) is 15.0. The first-order valence-corrected chi connectivity index (χ1v) is 16.7. The zero-order valence-corrected chi connectivity index (χ0v) is 25.5. The SMILES string of the molecule is C1C[SiH2]C1.CC1=[C]([Hf+2][C]2=C(C)C(c3ccc(F)cc3)=CC2)CC=C1c1ccc(F)cc1.[Cl-].[Cl-]. The Hall–Kier alpha value is -1.07. The standard InChI is InChI=1S/2C12H10F.C3H8Si.2ClH.Hf/c2*1-9-3-2-4-12(9)10-5-7-11(13)8-6-10;1-2-4-3-1;;;/h2*4-8H,2H2,1H3;1-4H2;2*1H;/q;;;;;+2/p-2. The first kappa shape index (κ1) is 28.2. The molecule has 1 fully saturated rings. The summed E-state index contributed by atoms with van der Waals surface area (Å²) in [5, 5.41) is 0. The molecule has 0 nitrogen and oxygen atoms in total. The summed E-state index contributed by atoms with van der Waals surface area (Å²) in [5.74, 6) is -0.382. The molecular formula is C27H28Cl2F2HfSi. The zero-order valence-electron chi connectivity index (χ0n) is 19.0. The molecule has 6 heteroatoms. The molecule has 0 spiro atoms. The van der Waals surface area contributed by atoms with Crippen molar-refractivity contribution < 1.29 is 56.5 Å². The Morgan fingerprint density at radius 3 is 1.30 bits per heavy atom. The second-order valence-corrected chi connectivity index (χ2v) is 15.8. The minimum Gasteiger partial charge on any atom is -1.00 e. The number of rotatable bonds is 4. The molecule has 1 saturated heterocycles. The van der Waals surface area contributed by atoms with Crippen LogP contribution in [-0.2, 0) is 22.9 Å². The third-order valence-corrected chi connectivity index (χ3v) is 14.7. The van der Waals surface area contributed by atoms with Gasteiger partial charge in [-0.05, 0) is 0 Å². The predicted octanol–water partition coefficient (Wildman–Crippen LogP) is 1.27. The van der Waals surface area contributed by atoms with Crippen LogP contribution >= 0.6 is 0 Å². The van der Waals surface area contributed by atoms with Crippen molar-refractivity contribution in [2.75, 3.05) is 0 Å². The van der Waals surface area contributed by atoms with Crippen molar-refractivity contribution in [1.82, 2.24) is 0 Å². The van der Waals surface area contributed by atoms with Gasteiger partial charge in [0.15, 0.2) is 0 Å². The molecule has 0 aromatic heterocycles. The molecule has 172 valence electrons. The largest absolute Gasteiger partial charge is 1.00 e. The Bertz CT molecular complexity index is 993. The zero-order chi connectivity index (χ0) is 21.8. The number of hydrogen-bond donors (Lipinski definition) is 0. The predicted molar refractivity (Wildman–Crippen MR) is 126 cm³/mol. The van der Waals surface area contributed by atoms with E-state index in [0.29, 0.717) is 9.52 Å². The van der Waals surface area contributed by atoms with E-state index in [0.717, 1.165) is 24.0 Å². The molecule has 1 aliphatic heterocycles. The maximum Gasteiger partial charge on any atom is -1.00 e. The van der Waals surface area contributed by atoms with Crippen LogP contribution in [0.2, 0.25) is 12.1 Å². The van der Waals surface area contributed by atoms with Crippen molar-refractivity contribution in [3.63, 3.8) is 0 Å². The van der Waals surface area contributed by atoms with Crippen LogP contribution in [0.5, 0.6) is 0 Å². The van der Waals surface area contributed by atoms with Crippen LogP contribution in [0.15, 0.2) is 78.5 Å². The summed E-state index contributed by atoms with van der Waals surface area (Å²) in [6, 6.07) is 16.9. The molecule has 0 bridgehead atoms. The Labute approximate surface area is 222 Å². The number of allylic oxidation sites excluding steroid dienone is 8. The van der Waals surface area contributed by atoms with Crippen molar-refractivity contribution in [2.45, 2.75) is 45.2 Å². The molecule has 0 N–H and O–H groups in total. The fourth-order valence-corrected chi connectivity index (χ4v) is 9.59. The summed E-state index contributed by atoms with van der Waals surface area (Å²) in [4.78, 5) is 0. The van der Waals surface area contributed by atoms with Gasteiger partial charge in [-0.2, -0.15) is 0 Å².